The first-order valence-corrected chi connectivity index (χ1v) is 10.3. The van der Waals surface area contributed by atoms with Gasteiger partial charge in [0.25, 0.3) is 0 Å². The van der Waals surface area contributed by atoms with Crippen LogP contribution in [0.15, 0.2) is 0 Å². The third-order valence-electron chi connectivity index (χ3n) is 5.63. The van der Waals surface area contributed by atoms with Gasteiger partial charge in [0, 0.05) is 62.9 Å². The van der Waals surface area contributed by atoms with Crippen molar-refractivity contribution in [1.29, 1.82) is 0 Å². The molecular formula is C18H30N4OS. The third kappa shape index (κ3) is 3.97. The largest absolute Gasteiger partial charge is 0.343 e. The Kier molecular flexibility index (Phi) is 5.87. The van der Waals surface area contributed by atoms with Gasteiger partial charge in [-0.25, -0.2) is 0 Å². The van der Waals surface area contributed by atoms with Gasteiger partial charge in [0.2, 0.25) is 5.91 Å². The van der Waals surface area contributed by atoms with Crippen LogP contribution in [-0.2, 0) is 18.3 Å². The summed E-state index contributed by atoms with van der Waals surface area (Å²) in [5, 5.41) is 4.45. The standard InChI is InChI=1S/C18H30N4OS/c1-14-17(15(2)20(3)19-14)4-5-18(23)22-8-6-16(7-9-22)21-10-12-24-13-11-21/h16H,4-13H2,1-3H3. The summed E-state index contributed by atoms with van der Waals surface area (Å²) in [6.07, 6.45) is 3.70. The van der Waals surface area contributed by atoms with Gasteiger partial charge in [0.05, 0.1) is 5.69 Å². The highest BCUT2D eigenvalue weighted by Gasteiger charge is 2.27. The van der Waals surface area contributed by atoms with Gasteiger partial charge in [-0.1, -0.05) is 0 Å². The van der Waals surface area contributed by atoms with E-state index in [0.29, 0.717) is 18.4 Å². The van der Waals surface area contributed by atoms with Gasteiger partial charge in [-0.05, 0) is 38.7 Å². The first kappa shape index (κ1) is 17.8. The first-order valence-electron chi connectivity index (χ1n) is 9.15. The second kappa shape index (κ2) is 7.91. The van der Waals surface area contributed by atoms with E-state index in [9.17, 15) is 4.79 Å². The maximum Gasteiger partial charge on any atom is 0.222 e. The second-order valence-corrected chi connectivity index (χ2v) is 8.26. The SMILES string of the molecule is Cc1nn(C)c(C)c1CCC(=O)N1CCC(N2CCSCC2)CC1. The van der Waals surface area contributed by atoms with Crippen molar-refractivity contribution >= 4 is 17.7 Å². The maximum atomic E-state index is 12.6. The average Bonchev–Trinajstić information content (AvgIpc) is 2.86. The van der Waals surface area contributed by atoms with E-state index in [-0.39, 0.29) is 0 Å². The van der Waals surface area contributed by atoms with Gasteiger partial charge in [0.15, 0.2) is 0 Å². The quantitative estimate of drug-likeness (QED) is 0.833. The van der Waals surface area contributed by atoms with Crippen LogP contribution < -0.4 is 0 Å². The Morgan fingerprint density at radius 2 is 1.83 bits per heavy atom. The van der Waals surface area contributed by atoms with Crippen molar-refractivity contribution in [2.24, 2.45) is 7.05 Å². The van der Waals surface area contributed by atoms with Crippen molar-refractivity contribution < 1.29 is 4.79 Å². The van der Waals surface area contributed by atoms with Gasteiger partial charge >= 0.3 is 0 Å². The number of carbonyl (C=O) groups excluding carboxylic acids is 1. The summed E-state index contributed by atoms with van der Waals surface area (Å²) in [6.45, 7) is 8.43. The molecule has 1 amide bonds. The molecule has 3 rings (SSSR count). The summed E-state index contributed by atoms with van der Waals surface area (Å²) in [4.78, 5) is 17.3. The number of amides is 1. The van der Waals surface area contributed by atoms with E-state index >= 15 is 0 Å². The van der Waals surface area contributed by atoms with Crippen LogP contribution in [0.5, 0.6) is 0 Å². The monoisotopic (exact) mass is 350 g/mol. The van der Waals surface area contributed by atoms with E-state index in [2.05, 4.69) is 33.6 Å². The van der Waals surface area contributed by atoms with Crippen LogP contribution in [0.1, 0.15) is 36.2 Å². The number of likely N-dealkylation sites (tertiary alicyclic amines) is 1. The lowest BCUT2D eigenvalue weighted by atomic mass is 10.0. The summed E-state index contributed by atoms with van der Waals surface area (Å²) in [6, 6.07) is 0.692. The van der Waals surface area contributed by atoms with Gasteiger partial charge in [0.1, 0.15) is 0 Å². The molecule has 0 spiro atoms. The fourth-order valence-corrected chi connectivity index (χ4v) is 4.92. The van der Waals surface area contributed by atoms with Gasteiger partial charge < -0.3 is 4.90 Å². The molecule has 0 atom stereocenters. The topological polar surface area (TPSA) is 41.4 Å². The van der Waals surface area contributed by atoms with Crippen LogP contribution in [0.25, 0.3) is 0 Å². The molecular weight excluding hydrogens is 320 g/mol. The molecule has 24 heavy (non-hydrogen) atoms. The Bertz CT molecular complexity index is 572. The zero-order valence-corrected chi connectivity index (χ0v) is 16.1. The highest BCUT2D eigenvalue weighted by molar-refractivity contribution is 7.99. The third-order valence-corrected chi connectivity index (χ3v) is 6.57. The lowest BCUT2D eigenvalue weighted by Gasteiger charge is -2.40. The smallest absolute Gasteiger partial charge is 0.222 e. The van der Waals surface area contributed by atoms with Gasteiger partial charge in [-0.2, -0.15) is 16.9 Å². The number of aromatic nitrogens is 2. The summed E-state index contributed by atoms with van der Waals surface area (Å²) >= 11 is 2.06. The predicted molar refractivity (Wildman–Crippen MR) is 99.5 cm³/mol. The van der Waals surface area contributed by atoms with Crippen molar-refractivity contribution in [2.45, 2.75) is 45.6 Å². The Labute approximate surface area is 149 Å². The molecule has 2 saturated heterocycles. The van der Waals surface area contributed by atoms with E-state index < -0.39 is 0 Å². The van der Waals surface area contributed by atoms with Crippen LogP contribution >= 0.6 is 11.8 Å². The van der Waals surface area contributed by atoms with E-state index in [1.165, 1.54) is 35.9 Å². The van der Waals surface area contributed by atoms with Crippen LogP contribution in [0.2, 0.25) is 0 Å². The molecule has 134 valence electrons. The lowest BCUT2D eigenvalue weighted by Crippen LogP contribution is -2.49. The summed E-state index contributed by atoms with van der Waals surface area (Å²) in [5.41, 5.74) is 3.48. The Morgan fingerprint density at radius 3 is 2.42 bits per heavy atom. The molecule has 3 heterocycles. The average molecular weight is 351 g/mol. The zero-order valence-electron chi connectivity index (χ0n) is 15.3. The minimum absolute atomic E-state index is 0.310. The number of thioether (sulfide) groups is 1. The highest BCUT2D eigenvalue weighted by Crippen LogP contribution is 2.21. The Morgan fingerprint density at radius 1 is 1.17 bits per heavy atom. The van der Waals surface area contributed by atoms with Crippen molar-refractivity contribution in [3.8, 4) is 0 Å². The minimum Gasteiger partial charge on any atom is -0.343 e. The minimum atomic E-state index is 0.310. The predicted octanol–water partition coefficient (Wildman–Crippen LogP) is 2.01. The number of carbonyl (C=O) groups is 1. The fourth-order valence-electron chi connectivity index (χ4n) is 3.99. The summed E-state index contributed by atoms with van der Waals surface area (Å²) in [7, 11) is 1.97. The van der Waals surface area contributed by atoms with Gasteiger partial charge in [-0.15, -0.1) is 0 Å². The summed E-state index contributed by atoms with van der Waals surface area (Å²) in [5.74, 6) is 2.84. The van der Waals surface area contributed by atoms with Crippen molar-refractivity contribution in [2.75, 3.05) is 37.7 Å². The van der Waals surface area contributed by atoms with Crippen molar-refractivity contribution in [3.05, 3.63) is 17.0 Å². The molecule has 0 radical (unpaired) electrons. The molecule has 5 nitrogen and oxygen atoms in total. The van der Waals surface area contributed by atoms with Gasteiger partial charge in [-0.3, -0.25) is 14.4 Å². The molecule has 6 heteroatoms. The molecule has 2 fully saturated rings. The van der Waals surface area contributed by atoms with Crippen LogP contribution in [0.4, 0.5) is 0 Å². The summed E-state index contributed by atoms with van der Waals surface area (Å²) < 4.78 is 1.91. The number of aryl methyl sites for hydroxylation is 2. The van der Waals surface area contributed by atoms with E-state index in [1.54, 1.807) is 0 Å². The normalized spacial score (nSPS) is 20.5. The van der Waals surface area contributed by atoms with Crippen LogP contribution in [0, 0.1) is 13.8 Å². The fraction of sp³-hybridized carbons (Fsp3) is 0.778. The van der Waals surface area contributed by atoms with Crippen LogP contribution in [0.3, 0.4) is 0 Å². The molecule has 1 aromatic rings. The molecule has 2 aliphatic rings. The number of hydrogen-bond donors (Lipinski definition) is 0. The molecule has 0 aromatic carbocycles. The molecule has 0 unspecified atom stereocenters. The molecule has 2 aliphatic heterocycles. The van der Waals surface area contributed by atoms with Crippen LogP contribution in [-0.4, -0.2) is 69.2 Å². The number of hydrogen-bond acceptors (Lipinski definition) is 4. The molecule has 1 aromatic heterocycles. The molecule has 0 N–H and O–H groups in total. The first-order chi connectivity index (χ1) is 11.6. The molecule has 0 bridgehead atoms. The maximum absolute atomic E-state index is 12.6. The molecule has 0 aliphatic carbocycles. The van der Waals surface area contributed by atoms with Crippen molar-refractivity contribution in [1.82, 2.24) is 19.6 Å². The van der Waals surface area contributed by atoms with E-state index in [4.69, 9.17) is 0 Å². The molecule has 0 saturated carbocycles. The second-order valence-electron chi connectivity index (χ2n) is 7.03. The Balaban J connectivity index is 1.46. The lowest BCUT2D eigenvalue weighted by molar-refractivity contribution is -0.132. The van der Waals surface area contributed by atoms with Crippen molar-refractivity contribution in [3.63, 3.8) is 0 Å². The number of nitrogens with zero attached hydrogens (tertiary/aromatic N) is 4. The highest BCUT2D eigenvalue weighted by atomic mass is 32.2. The number of rotatable bonds is 4. The van der Waals surface area contributed by atoms with E-state index in [0.717, 1.165) is 38.0 Å². The Hall–Kier alpha value is -1.01. The zero-order chi connectivity index (χ0) is 17.1. The number of piperidine rings is 1. The van der Waals surface area contributed by atoms with E-state index in [1.807, 2.05) is 18.7 Å².